The van der Waals surface area contributed by atoms with Crippen LogP contribution in [0.2, 0.25) is 0 Å². The monoisotopic (exact) mass is 271 g/mol. The predicted octanol–water partition coefficient (Wildman–Crippen LogP) is 2.50. The summed E-state index contributed by atoms with van der Waals surface area (Å²) in [7, 11) is 1.82. The number of pyridine rings is 1. The number of nitrogens with one attached hydrogen (secondary N) is 1. The fourth-order valence-electron chi connectivity index (χ4n) is 2.70. The summed E-state index contributed by atoms with van der Waals surface area (Å²) in [5.74, 6) is 0.258. The van der Waals surface area contributed by atoms with Crippen LogP contribution in [-0.2, 0) is 19.5 Å². The standard InChI is InChI=1S/C16H18FN3/c1-18-10-13-6-8-19-16(15(13)17)20-9-7-12-4-2-3-5-14(12)11-20/h2-6,8,18H,7,9-11H2,1H3. The molecular formula is C16H18FN3. The minimum atomic E-state index is -0.207. The average Bonchev–Trinajstić information content (AvgIpc) is 2.49. The van der Waals surface area contributed by atoms with E-state index in [2.05, 4.69) is 28.5 Å². The molecule has 0 unspecified atom stereocenters. The van der Waals surface area contributed by atoms with E-state index in [9.17, 15) is 4.39 Å². The summed E-state index contributed by atoms with van der Waals surface area (Å²) in [4.78, 5) is 6.27. The highest BCUT2D eigenvalue weighted by Crippen LogP contribution is 2.26. The maximum atomic E-state index is 14.5. The van der Waals surface area contributed by atoms with Crippen molar-refractivity contribution in [3.8, 4) is 0 Å². The highest BCUT2D eigenvalue weighted by molar-refractivity contribution is 5.47. The van der Waals surface area contributed by atoms with Crippen LogP contribution >= 0.6 is 0 Å². The predicted molar refractivity (Wildman–Crippen MR) is 78.2 cm³/mol. The molecule has 3 rings (SSSR count). The summed E-state index contributed by atoms with van der Waals surface area (Å²) in [5, 5.41) is 2.98. The van der Waals surface area contributed by atoms with Crippen molar-refractivity contribution in [1.29, 1.82) is 0 Å². The third kappa shape index (κ3) is 2.39. The van der Waals surface area contributed by atoms with Gasteiger partial charge in [0.05, 0.1) is 0 Å². The minimum Gasteiger partial charge on any atom is -0.350 e. The van der Waals surface area contributed by atoms with Crippen molar-refractivity contribution in [3.05, 3.63) is 59.0 Å². The Hall–Kier alpha value is -1.94. The molecule has 0 fully saturated rings. The van der Waals surface area contributed by atoms with E-state index in [-0.39, 0.29) is 5.82 Å². The molecule has 2 aromatic rings. The first-order valence-electron chi connectivity index (χ1n) is 6.89. The Kier molecular flexibility index (Phi) is 3.65. The number of benzene rings is 1. The van der Waals surface area contributed by atoms with Crippen LogP contribution in [0.4, 0.5) is 10.2 Å². The van der Waals surface area contributed by atoms with Crippen LogP contribution in [0.1, 0.15) is 16.7 Å². The van der Waals surface area contributed by atoms with Crippen LogP contribution in [0.3, 0.4) is 0 Å². The average molecular weight is 271 g/mol. The molecule has 1 aromatic carbocycles. The van der Waals surface area contributed by atoms with Gasteiger partial charge in [-0.05, 0) is 30.7 Å². The third-order valence-electron chi connectivity index (χ3n) is 3.75. The van der Waals surface area contributed by atoms with Crippen LogP contribution in [0.15, 0.2) is 36.5 Å². The van der Waals surface area contributed by atoms with Gasteiger partial charge in [0, 0.05) is 31.4 Å². The van der Waals surface area contributed by atoms with E-state index < -0.39 is 0 Å². The Morgan fingerprint density at radius 2 is 2.05 bits per heavy atom. The SMILES string of the molecule is CNCc1ccnc(N2CCc3ccccc3C2)c1F. The van der Waals surface area contributed by atoms with Gasteiger partial charge >= 0.3 is 0 Å². The summed E-state index contributed by atoms with van der Waals surface area (Å²) in [6.07, 6.45) is 2.62. The van der Waals surface area contributed by atoms with Crippen LogP contribution in [0, 0.1) is 5.82 Å². The highest BCUT2D eigenvalue weighted by Gasteiger charge is 2.20. The number of aromatic nitrogens is 1. The molecule has 0 aliphatic carbocycles. The minimum absolute atomic E-state index is 0.207. The van der Waals surface area contributed by atoms with E-state index in [4.69, 9.17) is 0 Å². The summed E-state index contributed by atoms with van der Waals surface area (Å²) >= 11 is 0. The first-order valence-corrected chi connectivity index (χ1v) is 6.89. The number of fused-ring (bicyclic) bond motifs is 1. The maximum absolute atomic E-state index is 14.5. The van der Waals surface area contributed by atoms with Gasteiger partial charge in [0.15, 0.2) is 11.6 Å². The lowest BCUT2D eigenvalue weighted by atomic mass is 10.00. The molecular weight excluding hydrogens is 253 g/mol. The van der Waals surface area contributed by atoms with Gasteiger partial charge in [-0.15, -0.1) is 0 Å². The van der Waals surface area contributed by atoms with Gasteiger partial charge < -0.3 is 10.2 Å². The van der Waals surface area contributed by atoms with Crippen molar-refractivity contribution in [3.63, 3.8) is 0 Å². The first kappa shape index (κ1) is 13.1. The Bertz CT molecular complexity index is 612. The van der Waals surface area contributed by atoms with Crippen molar-refractivity contribution in [2.45, 2.75) is 19.5 Å². The molecule has 0 atom stereocenters. The molecule has 20 heavy (non-hydrogen) atoms. The second-order valence-corrected chi connectivity index (χ2v) is 5.08. The Morgan fingerprint density at radius 3 is 2.85 bits per heavy atom. The smallest absolute Gasteiger partial charge is 0.170 e. The summed E-state index contributed by atoms with van der Waals surface area (Å²) in [6, 6.07) is 10.1. The van der Waals surface area contributed by atoms with Gasteiger partial charge in [0.25, 0.3) is 0 Å². The van der Waals surface area contributed by atoms with E-state index in [1.54, 1.807) is 12.3 Å². The number of hydrogen-bond acceptors (Lipinski definition) is 3. The van der Waals surface area contributed by atoms with Gasteiger partial charge in [-0.3, -0.25) is 0 Å². The van der Waals surface area contributed by atoms with Gasteiger partial charge in [-0.1, -0.05) is 24.3 Å². The molecule has 1 N–H and O–H groups in total. The second-order valence-electron chi connectivity index (χ2n) is 5.08. The molecule has 3 nitrogen and oxygen atoms in total. The zero-order valence-electron chi connectivity index (χ0n) is 11.6. The number of hydrogen-bond donors (Lipinski definition) is 1. The van der Waals surface area contributed by atoms with Crippen LogP contribution < -0.4 is 10.2 Å². The number of anilines is 1. The van der Waals surface area contributed by atoms with Gasteiger partial charge in [0.2, 0.25) is 0 Å². The van der Waals surface area contributed by atoms with Crippen molar-refractivity contribution in [2.75, 3.05) is 18.5 Å². The van der Waals surface area contributed by atoms with Crippen molar-refractivity contribution in [1.82, 2.24) is 10.3 Å². The largest absolute Gasteiger partial charge is 0.350 e. The van der Waals surface area contributed by atoms with Crippen molar-refractivity contribution < 1.29 is 4.39 Å². The molecule has 0 bridgehead atoms. The fraction of sp³-hybridized carbons (Fsp3) is 0.312. The normalized spacial score (nSPS) is 14.2. The molecule has 0 saturated heterocycles. The molecule has 0 amide bonds. The number of nitrogens with zero attached hydrogens (tertiary/aromatic N) is 2. The lowest BCUT2D eigenvalue weighted by molar-refractivity contribution is 0.579. The van der Waals surface area contributed by atoms with Crippen molar-refractivity contribution >= 4 is 5.82 Å². The Labute approximate surface area is 118 Å². The summed E-state index contributed by atoms with van der Waals surface area (Å²) < 4.78 is 14.5. The van der Waals surface area contributed by atoms with Gasteiger partial charge in [-0.2, -0.15) is 0 Å². The molecule has 1 aliphatic heterocycles. The molecule has 0 radical (unpaired) electrons. The zero-order chi connectivity index (χ0) is 13.9. The third-order valence-corrected chi connectivity index (χ3v) is 3.75. The van der Waals surface area contributed by atoms with E-state index in [0.29, 0.717) is 17.9 Å². The lowest BCUT2D eigenvalue weighted by Gasteiger charge is -2.30. The van der Waals surface area contributed by atoms with E-state index in [1.807, 2.05) is 18.0 Å². The molecule has 2 heterocycles. The van der Waals surface area contributed by atoms with E-state index in [0.717, 1.165) is 19.5 Å². The quantitative estimate of drug-likeness (QED) is 0.929. The van der Waals surface area contributed by atoms with E-state index >= 15 is 0 Å². The second kappa shape index (κ2) is 5.59. The van der Waals surface area contributed by atoms with Crippen LogP contribution in [0.5, 0.6) is 0 Å². The van der Waals surface area contributed by atoms with Crippen LogP contribution in [0.25, 0.3) is 0 Å². The molecule has 0 spiro atoms. The van der Waals surface area contributed by atoms with Gasteiger partial charge in [0.1, 0.15) is 0 Å². The van der Waals surface area contributed by atoms with Crippen molar-refractivity contribution in [2.24, 2.45) is 0 Å². The molecule has 104 valence electrons. The summed E-state index contributed by atoms with van der Waals surface area (Å²) in [6.45, 7) is 2.05. The molecule has 0 saturated carbocycles. The van der Waals surface area contributed by atoms with Gasteiger partial charge in [-0.25, -0.2) is 9.37 Å². The first-order chi connectivity index (χ1) is 9.79. The Balaban J connectivity index is 1.90. The molecule has 1 aliphatic rings. The topological polar surface area (TPSA) is 28.2 Å². The summed E-state index contributed by atoms with van der Waals surface area (Å²) in [5.41, 5.74) is 3.28. The highest BCUT2D eigenvalue weighted by atomic mass is 19.1. The van der Waals surface area contributed by atoms with E-state index in [1.165, 1.54) is 11.1 Å². The van der Waals surface area contributed by atoms with Crippen LogP contribution in [-0.4, -0.2) is 18.6 Å². The number of halogens is 1. The maximum Gasteiger partial charge on any atom is 0.170 e. The lowest BCUT2D eigenvalue weighted by Crippen LogP contribution is -2.32. The number of rotatable bonds is 3. The molecule has 1 aromatic heterocycles. The zero-order valence-corrected chi connectivity index (χ0v) is 11.6. The molecule has 4 heteroatoms. The fourth-order valence-corrected chi connectivity index (χ4v) is 2.70. The Morgan fingerprint density at radius 1 is 1.25 bits per heavy atom.